The third-order valence-corrected chi connectivity index (χ3v) is 3.85. The van der Waals surface area contributed by atoms with Gasteiger partial charge in [0.05, 0.1) is 34.8 Å². The summed E-state index contributed by atoms with van der Waals surface area (Å²) in [7, 11) is 1.92. The molecule has 0 aliphatic heterocycles. The third-order valence-electron chi connectivity index (χ3n) is 2.97. The predicted octanol–water partition coefficient (Wildman–Crippen LogP) is 3.05. The SMILES string of the molecule is CN(CCN(I)C(=O)OC(C)(C)C)c1ncnc2ncccc12. The lowest BCUT2D eigenvalue weighted by molar-refractivity contribution is 0.0432. The molecule has 0 bridgehead atoms. The second-order valence-electron chi connectivity index (χ2n) is 6.06. The van der Waals surface area contributed by atoms with Crippen LogP contribution in [0.1, 0.15) is 20.8 Å². The van der Waals surface area contributed by atoms with Gasteiger partial charge in [0.15, 0.2) is 5.65 Å². The third kappa shape index (κ3) is 4.88. The number of pyridine rings is 1. The van der Waals surface area contributed by atoms with Crippen molar-refractivity contribution in [2.24, 2.45) is 0 Å². The summed E-state index contributed by atoms with van der Waals surface area (Å²) >= 11 is 1.97. The van der Waals surface area contributed by atoms with Gasteiger partial charge in [0, 0.05) is 19.8 Å². The van der Waals surface area contributed by atoms with Gasteiger partial charge in [0.2, 0.25) is 0 Å². The lowest BCUT2D eigenvalue weighted by Crippen LogP contribution is -2.35. The molecule has 7 nitrogen and oxygen atoms in total. The summed E-state index contributed by atoms with van der Waals surface area (Å²) in [5, 5.41) is 0.884. The van der Waals surface area contributed by atoms with Gasteiger partial charge >= 0.3 is 6.09 Å². The summed E-state index contributed by atoms with van der Waals surface area (Å²) in [6, 6.07) is 3.79. The van der Waals surface area contributed by atoms with Crippen LogP contribution >= 0.6 is 22.9 Å². The zero-order chi connectivity index (χ0) is 17.0. The number of hydrogen-bond donors (Lipinski definition) is 0. The molecule has 0 spiro atoms. The first-order valence-electron chi connectivity index (χ1n) is 7.21. The van der Waals surface area contributed by atoms with E-state index in [1.807, 2.05) is 67.7 Å². The maximum Gasteiger partial charge on any atom is 0.419 e. The van der Waals surface area contributed by atoms with Gasteiger partial charge in [-0.1, -0.05) is 0 Å². The van der Waals surface area contributed by atoms with E-state index in [0.29, 0.717) is 18.7 Å². The largest absolute Gasteiger partial charge is 0.443 e. The first-order valence-corrected chi connectivity index (χ1v) is 8.17. The minimum Gasteiger partial charge on any atom is -0.443 e. The van der Waals surface area contributed by atoms with Crippen molar-refractivity contribution >= 4 is 45.8 Å². The Morgan fingerprint density at radius 2 is 2.00 bits per heavy atom. The van der Waals surface area contributed by atoms with Crippen LogP contribution in [0.25, 0.3) is 11.0 Å². The van der Waals surface area contributed by atoms with Crippen molar-refractivity contribution in [2.75, 3.05) is 25.0 Å². The lowest BCUT2D eigenvalue weighted by atomic mass is 10.2. The molecule has 0 saturated heterocycles. The Labute approximate surface area is 149 Å². The number of likely N-dealkylation sites (N-methyl/N-ethyl adjacent to an activating group) is 1. The number of aromatic nitrogens is 3. The number of hydrogen-bond acceptors (Lipinski definition) is 6. The summed E-state index contributed by atoms with van der Waals surface area (Å²) in [6.07, 6.45) is 2.85. The number of anilines is 1. The minimum absolute atomic E-state index is 0.347. The Morgan fingerprint density at radius 3 is 2.70 bits per heavy atom. The molecule has 0 atom stereocenters. The van der Waals surface area contributed by atoms with Gasteiger partial charge in [-0.2, -0.15) is 0 Å². The van der Waals surface area contributed by atoms with Gasteiger partial charge in [-0.25, -0.2) is 22.9 Å². The van der Waals surface area contributed by atoms with Crippen LogP contribution < -0.4 is 4.90 Å². The van der Waals surface area contributed by atoms with Crippen molar-refractivity contribution in [2.45, 2.75) is 26.4 Å². The topological polar surface area (TPSA) is 71.5 Å². The van der Waals surface area contributed by atoms with E-state index in [9.17, 15) is 4.79 Å². The van der Waals surface area contributed by atoms with Crippen molar-refractivity contribution in [3.63, 3.8) is 0 Å². The number of rotatable bonds is 4. The standard InChI is InChI=1S/C15H20IN5O2/c1-15(2,3)23-14(22)21(16)9-8-20(4)13-11-6-5-7-17-12(11)18-10-19-13/h5-7,10H,8-9H2,1-4H3. The first-order chi connectivity index (χ1) is 10.8. The summed E-state index contributed by atoms with van der Waals surface area (Å²) in [5.74, 6) is 0.789. The van der Waals surface area contributed by atoms with Crippen LogP contribution in [0, 0.1) is 0 Å². The van der Waals surface area contributed by atoms with E-state index >= 15 is 0 Å². The second-order valence-corrected chi connectivity index (χ2v) is 7.22. The molecule has 1 amide bonds. The molecular weight excluding hydrogens is 409 g/mol. The van der Waals surface area contributed by atoms with Gasteiger partial charge in [0.1, 0.15) is 17.7 Å². The van der Waals surface area contributed by atoms with Gasteiger partial charge in [0.25, 0.3) is 0 Å². The number of halogens is 1. The monoisotopic (exact) mass is 429 g/mol. The van der Waals surface area contributed by atoms with E-state index in [-0.39, 0.29) is 6.09 Å². The Bertz CT molecular complexity index is 684. The molecule has 2 aromatic heterocycles. The van der Waals surface area contributed by atoms with Crippen molar-refractivity contribution in [3.8, 4) is 0 Å². The highest BCUT2D eigenvalue weighted by molar-refractivity contribution is 14.1. The van der Waals surface area contributed by atoms with E-state index in [4.69, 9.17) is 4.74 Å². The maximum absolute atomic E-state index is 12.0. The van der Waals surface area contributed by atoms with E-state index in [0.717, 1.165) is 11.2 Å². The van der Waals surface area contributed by atoms with Gasteiger partial charge in [-0.05, 0) is 32.9 Å². The molecule has 0 saturated carbocycles. The molecular formula is C15H20IN5O2. The van der Waals surface area contributed by atoms with Gasteiger partial charge in [-0.15, -0.1) is 0 Å². The predicted molar refractivity (Wildman–Crippen MR) is 97.6 cm³/mol. The Hall–Kier alpha value is -1.71. The average molecular weight is 429 g/mol. The Kier molecular flexibility index (Phi) is 5.55. The number of carbonyl (C=O) groups excluding carboxylic acids is 1. The molecule has 124 valence electrons. The van der Waals surface area contributed by atoms with Gasteiger partial charge in [-0.3, -0.25) is 0 Å². The first kappa shape index (κ1) is 17.6. The minimum atomic E-state index is -0.499. The summed E-state index contributed by atoms with van der Waals surface area (Å²) in [5.41, 5.74) is 0.156. The van der Waals surface area contributed by atoms with Crippen molar-refractivity contribution in [1.82, 2.24) is 18.1 Å². The van der Waals surface area contributed by atoms with E-state index < -0.39 is 5.60 Å². The highest BCUT2D eigenvalue weighted by Crippen LogP contribution is 2.20. The number of ether oxygens (including phenoxy) is 1. The van der Waals surface area contributed by atoms with Crippen LogP contribution in [0.5, 0.6) is 0 Å². The zero-order valence-electron chi connectivity index (χ0n) is 13.7. The zero-order valence-corrected chi connectivity index (χ0v) is 15.8. The quantitative estimate of drug-likeness (QED) is 0.550. The molecule has 2 heterocycles. The average Bonchev–Trinajstić information content (AvgIpc) is 2.50. The summed E-state index contributed by atoms with van der Waals surface area (Å²) < 4.78 is 6.86. The van der Waals surface area contributed by atoms with E-state index in [1.54, 1.807) is 6.20 Å². The molecule has 23 heavy (non-hydrogen) atoms. The van der Waals surface area contributed by atoms with Crippen molar-refractivity contribution in [3.05, 3.63) is 24.7 Å². The number of amides is 1. The molecule has 8 heteroatoms. The van der Waals surface area contributed by atoms with Crippen molar-refractivity contribution < 1.29 is 9.53 Å². The number of nitrogens with zero attached hydrogens (tertiary/aromatic N) is 5. The van der Waals surface area contributed by atoms with Crippen LogP contribution in [0.15, 0.2) is 24.7 Å². The lowest BCUT2D eigenvalue weighted by Gasteiger charge is -2.25. The summed E-state index contributed by atoms with van der Waals surface area (Å²) in [6.45, 7) is 6.67. The fraction of sp³-hybridized carbons (Fsp3) is 0.467. The van der Waals surface area contributed by atoms with Crippen LogP contribution in [-0.2, 0) is 4.74 Å². The van der Waals surface area contributed by atoms with Crippen LogP contribution in [0.3, 0.4) is 0 Å². The number of carbonyl (C=O) groups is 1. The van der Waals surface area contributed by atoms with Crippen LogP contribution in [-0.4, -0.2) is 49.9 Å². The summed E-state index contributed by atoms with van der Waals surface area (Å²) in [4.78, 5) is 26.6. The van der Waals surface area contributed by atoms with E-state index in [1.165, 1.54) is 9.44 Å². The Balaban J connectivity index is 2.01. The smallest absolute Gasteiger partial charge is 0.419 e. The maximum atomic E-state index is 12.0. The Morgan fingerprint density at radius 1 is 1.26 bits per heavy atom. The molecule has 0 aliphatic rings. The normalized spacial score (nSPS) is 11.3. The number of fused-ring (bicyclic) bond motifs is 1. The van der Waals surface area contributed by atoms with Crippen molar-refractivity contribution in [1.29, 1.82) is 0 Å². The van der Waals surface area contributed by atoms with Crippen LogP contribution in [0.2, 0.25) is 0 Å². The van der Waals surface area contributed by atoms with E-state index in [2.05, 4.69) is 15.0 Å². The fourth-order valence-corrected chi connectivity index (χ4v) is 2.25. The second kappa shape index (κ2) is 7.24. The fourth-order valence-electron chi connectivity index (χ4n) is 1.93. The highest BCUT2D eigenvalue weighted by atomic mass is 127. The molecule has 2 rings (SSSR count). The molecule has 0 fully saturated rings. The molecule has 0 aliphatic carbocycles. The molecule has 0 N–H and O–H groups in total. The molecule has 0 aromatic carbocycles. The molecule has 2 aromatic rings. The van der Waals surface area contributed by atoms with Gasteiger partial charge < -0.3 is 9.64 Å². The van der Waals surface area contributed by atoms with Crippen LogP contribution in [0.4, 0.5) is 10.6 Å². The molecule has 0 unspecified atom stereocenters. The highest BCUT2D eigenvalue weighted by Gasteiger charge is 2.21. The molecule has 0 radical (unpaired) electrons.